The zero-order chi connectivity index (χ0) is 13.7. The van der Waals surface area contributed by atoms with Crippen LogP contribution in [0.2, 0.25) is 0 Å². The molecule has 19 heavy (non-hydrogen) atoms. The Hall–Kier alpha value is -0.120. The number of piperidine rings is 2. The van der Waals surface area contributed by atoms with Crippen LogP contribution >= 0.6 is 0 Å². The maximum atomic E-state index is 5.62. The fourth-order valence-corrected chi connectivity index (χ4v) is 4.02. The summed E-state index contributed by atoms with van der Waals surface area (Å²) in [5.74, 6) is 1.75. The van der Waals surface area contributed by atoms with Crippen molar-refractivity contribution >= 4 is 0 Å². The van der Waals surface area contributed by atoms with E-state index in [-0.39, 0.29) is 0 Å². The first-order chi connectivity index (χ1) is 9.20. The lowest BCUT2D eigenvalue weighted by Gasteiger charge is -2.46. The molecule has 2 heterocycles. The minimum Gasteiger partial charge on any atom is -0.330 e. The first-order valence-electron chi connectivity index (χ1n) is 8.33. The van der Waals surface area contributed by atoms with Crippen LogP contribution in [-0.2, 0) is 0 Å². The molecule has 3 nitrogen and oxygen atoms in total. The predicted molar refractivity (Wildman–Crippen MR) is 82.3 cm³/mol. The van der Waals surface area contributed by atoms with Gasteiger partial charge in [0.15, 0.2) is 0 Å². The van der Waals surface area contributed by atoms with Crippen molar-refractivity contribution in [3.05, 3.63) is 0 Å². The number of hydrogen-bond acceptors (Lipinski definition) is 3. The van der Waals surface area contributed by atoms with Crippen molar-refractivity contribution in [1.82, 2.24) is 9.80 Å². The first kappa shape index (κ1) is 15.3. The molecular formula is C16H33N3. The number of nitrogens with two attached hydrogens (primary N) is 1. The van der Waals surface area contributed by atoms with Gasteiger partial charge in [-0.2, -0.15) is 0 Å². The first-order valence-corrected chi connectivity index (χ1v) is 8.33. The zero-order valence-corrected chi connectivity index (χ0v) is 13.0. The number of rotatable bonds is 6. The van der Waals surface area contributed by atoms with E-state index in [2.05, 4.69) is 23.8 Å². The van der Waals surface area contributed by atoms with Crippen LogP contribution in [0.5, 0.6) is 0 Å². The van der Waals surface area contributed by atoms with E-state index in [1.807, 2.05) is 0 Å². The molecule has 0 spiro atoms. The highest BCUT2D eigenvalue weighted by atomic mass is 15.2. The van der Waals surface area contributed by atoms with Crippen molar-refractivity contribution in [2.45, 2.75) is 51.5 Å². The molecule has 3 heteroatoms. The highest BCUT2D eigenvalue weighted by Crippen LogP contribution is 2.29. The maximum absolute atomic E-state index is 5.62. The zero-order valence-electron chi connectivity index (χ0n) is 13.0. The predicted octanol–water partition coefficient (Wildman–Crippen LogP) is 2.17. The molecule has 3 atom stereocenters. The molecule has 0 radical (unpaired) electrons. The fourth-order valence-electron chi connectivity index (χ4n) is 4.02. The van der Waals surface area contributed by atoms with Crippen LogP contribution in [0.4, 0.5) is 0 Å². The van der Waals surface area contributed by atoms with Crippen LogP contribution in [0.1, 0.15) is 45.4 Å². The molecule has 2 N–H and O–H groups in total. The number of fused-ring (bicyclic) bond motifs is 1. The molecule has 0 aliphatic carbocycles. The number of likely N-dealkylation sites (tertiary alicyclic amines) is 2. The van der Waals surface area contributed by atoms with Crippen molar-refractivity contribution < 1.29 is 0 Å². The summed E-state index contributed by atoms with van der Waals surface area (Å²) in [5.41, 5.74) is 5.62. The van der Waals surface area contributed by atoms with Gasteiger partial charge in [-0.1, -0.05) is 6.92 Å². The Bertz CT molecular complexity index is 256. The van der Waals surface area contributed by atoms with Gasteiger partial charge < -0.3 is 15.5 Å². The van der Waals surface area contributed by atoms with Crippen LogP contribution in [0, 0.1) is 11.8 Å². The molecular weight excluding hydrogens is 234 g/mol. The summed E-state index contributed by atoms with van der Waals surface area (Å²) >= 11 is 0. The standard InChI is InChI=1S/C16H33N3/c1-14(7-9-17)5-3-11-19-12-8-16-15(13-19)6-4-10-18(16)2/h14-16H,3-13,17H2,1-2H3. The Labute approximate surface area is 119 Å². The van der Waals surface area contributed by atoms with E-state index in [9.17, 15) is 0 Å². The van der Waals surface area contributed by atoms with Crippen LogP contribution in [-0.4, -0.2) is 55.6 Å². The van der Waals surface area contributed by atoms with Crippen LogP contribution < -0.4 is 5.73 Å². The van der Waals surface area contributed by atoms with Gasteiger partial charge in [0.2, 0.25) is 0 Å². The van der Waals surface area contributed by atoms with Gasteiger partial charge in [-0.05, 0) is 83.6 Å². The minimum atomic E-state index is 0.809. The third-order valence-electron chi connectivity index (χ3n) is 5.26. The lowest BCUT2D eigenvalue weighted by atomic mass is 9.84. The average Bonchev–Trinajstić information content (AvgIpc) is 2.39. The summed E-state index contributed by atoms with van der Waals surface area (Å²) < 4.78 is 0. The molecule has 0 aromatic carbocycles. The van der Waals surface area contributed by atoms with Crippen molar-refractivity contribution in [3.63, 3.8) is 0 Å². The largest absolute Gasteiger partial charge is 0.330 e. The summed E-state index contributed by atoms with van der Waals surface area (Å²) in [6, 6.07) is 0.876. The SMILES string of the molecule is CC(CCN)CCCN1CCC2C(CCCN2C)C1. The van der Waals surface area contributed by atoms with Gasteiger partial charge in [0, 0.05) is 12.6 Å². The smallest absolute Gasteiger partial charge is 0.0145 e. The summed E-state index contributed by atoms with van der Waals surface area (Å²) in [7, 11) is 2.32. The topological polar surface area (TPSA) is 32.5 Å². The second kappa shape index (κ2) is 7.61. The molecule has 3 unspecified atom stereocenters. The molecule has 2 aliphatic rings. The van der Waals surface area contributed by atoms with E-state index in [0.717, 1.165) is 24.4 Å². The molecule has 0 aromatic heterocycles. The van der Waals surface area contributed by atoms with Crippen LogP contribution in [0.25, 0.3) is 0 Å². The Morgan fingerprint density at radius 3 is 2.84 bits per heavy atom. The lowest BCUT2D eigenvalue weighted by Crippen LogP contribution is -2.52. The molecule has 2 aliphatic heterocycles. The Morgan fingerprint density at radius 2 is 2.05 bits per heavy atom. The van der Waals surface area contributed by atoms with Crippen molar-refractivity contribution in [2.75, 3.05) is 39.8 Å². The summed E-state index contributed by atoms with van der Waals surface area (Å²) in [5, 5.41) is 0. The molecule has 2 fully saturated rings. The monoisotopic (exact) mass is 267 g/mol. The molecule has 0 aromatic rings. The summed E-state index contributed by atoms with van der Waals surface area (Å²) in [4.78, 5) is 5.32. The normalized spacial score (nSPS) is 31.1. The quantitative estimate of drug-likeness (QED) is 0.800. The summed E-state index contributed by atoms with van der Waals surface area (Å²) in [6.07, 6.45) is 8.14. The van der Waals surface area contributed by atoms with Gasteiger partial charge in [-0.25, -0.2) is 0 Å². The third kappa shape index (κ3) is 4.44. The van der Waals surface area contributed by atoms with Gasteiger partial charge >= 0.3 is 0 Å². The van der Waals surface area contributed by atoms with Crippen molar-refractivity contribution in [2.24, 2.45) is 17.6 Å². The minimum absolute atomic E-state index is 0.809. The van der Waals surface area contributed by atoms with E-state index in [0.29, 0.717) is 0 Å². The van der Waals surface area contributed by atoms with Crippen molar-refractivity contribution in [1.29, 1.82) is 0 Å². The highest BCUT2D eigenvalue weighted by Gasteiger charge is 2.33. The maximum Gasteiger partial charge on any atom is 0.0145 e. The number of nitrogens with zero attached hydrogens (tertiary/aromatic N) is 2. The average molecular weight is 267 g/mol. The third-order valence-corrected chi connectivity index (χ3v) is 5.26. The van der Waals surface area contributed by atoms with Gasteiger partial charge in [-0.3, -0.25) is 0 Å². The second-order valence-electron chi connectivity index (χ2n) is 6.86. The fraction of sp³-hybridized carbons (Fsp3) is 1.00. The van der Waals surface area contributed by atoms with E-state index in [1.165, 1.54) is 64.7 Å². The molecule has 112 valence electrons. The van der Waals surface area contributed by atoms with Crippen molar-refractivity contribution in [3.8, 4) is 0 Å². The van der Waals surface area contributed by atoms with Crippen LogP contribution in [0.3, 0.4) is 0 Å². The van der Waals surface area contributed by atoms with Gasteiger partial charge in [0.05, 0.1) is 0 Å². The van der Waals surface area contributed by atoms with E-state index >= 15 is 0 Å². The molecule has 2 saturated heterocycles. The Morgan fingerprint density at radius 1 is 1.21 bits per heavy atom. The Balaban J connectivity index is 1.66. The number of hydrogen-bond donors (Lipinski definition) is 1. The van der Waals surface area contributed by atoms with Gasteiger partial charge in [-0.15, -0.1) is 0 Å². The molecule has 0 saturated carbocycles. The van der Waals surface area contributed by atoms with Gasteiger partial charge in [0.25, 0.3) is 0 Å². The highest BCUT2D eigenvalue weighted by molar-refractivity contribution is 4.89. The summed E-state index contributed by atoms with van der Waals surface area (Å²) in [6.45, 7) is 8.48. The molecule has 0 amide bonds. The Kier molecular flexibility index (Phi) is 6.11. The van der Waals surface area contributed by atoms with Crippen LogP contribution in [0.15, 0.2) is 0 Å². The molecule has 0 bridgehead atoms. The second-order valence-corrected chi connectivity index (χ2v) is 6.86. The lowest BCUT2D eigenvalue weighted by molar-refractivity contribution is 0.0376. The van der Waals surface area contributed by atoms with Gasteiger partial charge in [0.1, 0.15) is 0 Å². The van der Waals surface area contributed by atoms with E-state index < -0.39 is 0 Å². The molecule has 2 rings (SSSR count). The van der Waals surface area contributed by atoms with E-state index in [1.54, 1.807) is 0 Å². The van der Waals surface area contributed by atoms with E-state index in [4.69, 9.17) is 5.73 Å².